The highest BCUT2D eigenvalue weighted by Gasteiger charge is 2.33. The van der Waals surface area contributed by atoms with Crippen LogP contribution in [-0.2, 0) is 5.41 Å². The van der Waals surface area contributed by atoms with Crippen molar-refractivity contribution in [2.75, 3.05) is 0 Å². The zero-order valence-corrected chi connectivity index (χ0v) is 13.4. The molecule has 102 valence electrons. The molecule has 1 rings (SSSR count). The van der Waals surface area contributed by atoms with Gasteiger partial charge in [-0.3, -0.25) is 0 Å². The molecule has 1 aromatic carbocycles. The monoisotopic (exact) mass is 266 g/mol. The van der Waals surface area contributed by atoms with E-state index in [9.17, 15) is 0 Å². The molecule has 0 aliphatic carbocycles. The maximum atomic E-state index is 6.39. The lowest BCUT2D eigenvalue weighted by Gasteiger charge is -2.38. The Labute approximate surface area is 118 Å². The highest BCUT2D eigenvalue weighted by Crippen LogP contribution is 2.42. The lowest BCUT2D eigenvalue weighted by molar-refractivity contribution is 0.220. The molecule has 0 aromatic heterocycles. The first-order valence-electron chi connectivity index (χ1n) is 6.76. The minimum Gasteiger partial charge on any atom is -0.120 e. The largest absolute Gasteiger partial charge is 0.120 e. The van der Waals surface area contributed by atoms with Crippen LogP contribution in [0.4, 0.5) is 0 Å². The van der Waals surface area contributed by atoms with Gasteiger partial charge in [0, 0.05) is 4.87 Å². The van der Waals surface area contributed by atoms with Gasteiger partial charge in [0.05, 0.1) is 0 Å². The predicted octanol–water partition coefficient (Wildman–Crippen LogP) is 5.79. The van der Waals surface area contributed by atoms with Crippen molar-refractivity contribution >= 4 is 11.6 Å². The average Bonchev–Trinajstić information content (AvgIpc) is 2.13. The summed E-state index contributed by atoms with van der Waals surface area (Å²) in [7, 11) is 0. The minimum absolute atomic E-state index is 0.129. The molecule has 0 spiro atoms. The second kappa shape index (κ2) is 5.25. The van der Waals surface area contributed by atoms with Crippen LogP contribution in [0.25, 0.3) is 0 Å². The van der Waals surface area contributed by atoms with Crippen molar-refractivity contribution in [3.8, 4) is 0 Å². The maximum Gasteiger partial charge on any atom is 0.0395 e. The normalized spacial score (nSPS) is 13.7. The topological polar surface area (TPSA) is 0 Å². The van der Waals surface area contributed by atoms with Crippen LogP contribution in [0.3, 0.4) is 0 Å². The third-order valence-corrected chi connectivity index (χ3v) is 3.51. The van der Waals surface area contributed by atoms with E-state index in [-0.39, 0.29) is 15.7 Å². The highest BCUT2D eigenvalue weighted by atomic mass is 35.5. The summed E-state index contributed by atoms with van der Waals surface area (Å²) in [6.07, 6.45) is 2.16. The summed E-state index contributed by atoms with van der Waals surface area (Å²) in [5.74, 6) is 0. The van der Waals surface area contributed by atoms with E-state index in [0.717, 1.165) is 12.8 Å². The summed E-state index contributed by atoms with van der Waals surface area (Å²) in [6.45, 7) is 13.5. The first-order chi connectivity index (χ1) is 8.02. The van der Waals surface area contributed by atoms with Crippen molar-refractivity contribution in [3.63, 3.8) is 0 Å². The van der Waals surface area contributed by atoms with Crippen LogP contribution in [0.2, 0.25) is 0 Å². The smallest absolute Gasteiger partial charge is 0.0395 e. The van der Waals surface area contributed by atoms with E-state index in [1.54, 1.807) is 0 Å². The molecule has 1 aromatic rings. The SMILES string of the molecule is CC(C)(Cl)CC(C)(C)CC(C)(C)c1ccccc1. The Balaban J connectivity index is 2.83. The Bertz CT molecular complexity index is 368. The quantitative estimate of drug-likeness (QED) is 0.592. The number of hydrogen-bond acceptors (Lipinski definition) is 0. The molecule has 0 atom stereocenters. The van der Waals surface area contributed by atoms with Crippen LogP contribution in [0, 0.1) is 5.41 Å². The van der Waals surface area contributed by atoms with Crippen LogP contribution in [-0.4, -0.2) is 4.87 Å². The van der Waals surface area contributed by atoms with Gasteiger partial charge in [-0.1, -0.05) is 58.0 Å². The second-order valence-corrected chi connectivity index (χ2v) is 8.51. The van der Waals surface area contributed by atoms with Crippen molar-refractivity contribution in [3.05, 3.63) is 35.9 Å². The predicted molar refractivity (Wildman–Crippen MR) is 82.4 cm³/mol. The molecule has 0 saturated heterocycles. The summed E-state index contributed by atoms with van der Waals surface area (Å²) >= 11 is 6.39. The molecular weight excluding hydrogens is 240 g/mol. The molecule has 0 amide bonds. The van der Waals surface area contributed by atoms with Gasteiger partial charge in [0.25, 0.3) is 0 Å². The number of hydrogen-bond donors (Lipinski definition) is 0. The lowest BCUT2D eigenvalue weighted by Crippen LogP contribution is -2.31. The van der Waals surface area contributed by atoms with Gasteiger partial charge in [-0.05, 0) is 43.1 Å². The number of halogens is 1. The summed E-state index contributed by atoms with van der Waals surface area (Å²) in [5, 5.41) is 0. The molecule has 0 fully saturated rings. The van der Waals surface area contributed by atoms with E-state index in [4.69, 9.17) is 11.6 Å². The lowest BCUT2D eigenvalue weighted by atomic mass is 9.68. The van der Waals surface area contributed by atoms with E-state index in [2.05, 4.69) is 71.9 Å². The van der Waals surface area contributed by atoms with Crippen LogP contribution < -0.4 is 0 Å². The molecule has 0 aliphatic heterocycles. The Kier molecular flexibility index (Phi) is 4.54. The Morgan fingerprint density at radius 3 is 1.78 bits per heavy atom. The first-order valence-corrected chi connectivity index (χ1v) is 7.14. The van der Waals surface area contributed by atoms with E-state index >= 15 is 0 Å². The Morgan fingerprint density at radius 2 is 1.33 bits per heavy atom. The first kappa shape index (κ1) is 15.6. The van der Waals surface area contributed by atoms with Crippen molar-refractivity contribution in [1.82, 2.24) is 0 Å². The molecule has 18 heavy (non-hydrogen) atoms. The van der Waals surface area contributed by atoms with Crippen molar-refractivity contribution in [2.24, 2.45) is 5.41 Å². The van der Waals surface area contributed by atoms with Crippen molar-refractivity contribution in [2.45, 2.75) is 64.7 Å². The van der Waals surface area contributed by atoms with E-state index in [1.807, 2.05) is 0 Å². The number of alkyl halides is 1. The fourth-order valence-corrected chi connectivity index (χ4v) is 3.75. The minimum atomic E-state index is -0.129. The van der Waals surface area contributed by atoms with Crippen LogP contribution in [0.1, 0.15) is 59.9 Å². The molecule has 0 nitrogen and oxygen atoms in total. The molecule has 0 radical (unpaired) electrons. The second-order valence-electron chi connectivity index (χ2n) is 7.49. The third-order valence-electron chi connectivity index (χ3n) is 3.37. The average molecular weight is 267 g/mol. The fourth-order valence-electron chi connectivity index (χ4n) is 3.39. The summed E-state index contributed by atoms with van der Waals surface area (Å²) in [6, 6.07) is 10.8. The van der Waals surface area contributed by atoms with Crippen molar-refractivity contribution < 1.29 is 0 Å². The maximum absolute atomic E-state index is 6.39. The van der Waals surface area contributed by atoms with Crippen LogP contribution in [0.15, 0.2) is 30.3 Å². The van der Waals surface area contributed by atoms with Gasteiger partial charge in [-0.15, -0.1) is 11.6 Å². The molecule has 0 saturated carbocycles. The van der Waals surface area contributed by atoms with Gasteiger partial charge in [0.15, 0.2) is 0 Å². The zero-order chi connectivity index (χ0) is 14.0. The van der Waals surface area contributed by atoms with Gasteiger partial charge in [0.1, 0.15) is 0 Å². The Morgan fingerprint density at radius 1 is 0.833 bits per heavy atom. The molecule has 0 N–H and O–H groups in total. The Hall–Kier alpha value is -0.490. The third kappa shape index (κ3) is 5.02. The van der Waals surface area contributed by atoms with Crippen LogP contribution >= 0.6 is 11.6 Å². The molecule has 0 bridgehead atoms. The van der Waals surface area contributed by atoms with Gasteiger partial charge in [-0.25, -0.2) is 0 Å². The van der Waals surface area contributed by atoms with Gasteiger partial charge in [0.2, 0.25) is 0 Å². The van der Waals surface area contributed by atoms with E-state index in [1.165, 1.54) is 5.56 Å². The molecule has 0 unspecified atom stereocenters. The van der Waals surface area contributed by atoms with Gasteiger partial charge in [-0.2, -0.15) is 0 Å². The molecule has 0 heterocycles. The van der Waals surface area contributed by atoms with Crippen molar-refractivity contribution in [1.29, 1.82) is 0 Å². The summed E-state index contributed by atoms with van der Waals surface area (Å²) < 4.78 is 0. The number of rotatable bonds is 5. The van der Waals surface area contributed by atoms with E-state index < -0.39 is 0 Å². The molecular formula is C17H27Cl. The summed E-state index contributed by atoms with van der Waals surface area (Å²) in [4.78, 5) is -0.129. The van der Waals surface area contributed by atoms with Gasteiger partial charge >= 0.3 is 0 Å². The fraction of sp³-hybridized carbons (Fsp3) is 0.647. The number of benzene rings is 1. The van der Waals surface area contributed by atoms with E-state index in [0.29, 0.717) is 0 Å². The van der Waals surface area contributed by atoms with Crippen LogP contribution in [0.5, 0.6) is 0 Å². The molecule has 0 aliphatic rings. The van der Waals surface area contributed by atoms with Gasteiger partial charge < -0.3 is 0 Å². The standard InChI is InChI=1S/C17H27Cl/c1-15(2,13-17(5,6)18)12-16(3,4)14-10-8-7-9-11-14/h7-11H,12-13H2,1-6H3. The summed E-state index contributed by atoms with van der Waals surface area (Å²) in [5.41, 5.74) is 1.84. The zero-order valence-electron chi connectivity index (χ0n) is 12.7. The highest BCUT2D eigenvalue weighted by molar-refractivity contribution is 6.23. The molecule has 1 heteroatoms.